The molecule has 0 aliphatic rings. The Morgan fingerprint density at radius 2 is 1.83 bits per heavy atom. The van der Waals surface area contributed by atoms with E-state index in [9.17, 15) is 33.3 Å². The van der Waals surface area contributed by atoms with Crippen LogP contribution in [0.5, 0.6) is 17.2 Å². The number of nitrogens with zero attached hydrogens (tertiary/aromatic N) is 2. The topological polar surface area (TPSA) is 102 Å². The number of rotatable bonds is 9. The van der Waals surface area contributed by atoms with Gasteiger partial charge in [-0.05, 0) is 42.0 Å². The molecule has 0 saturated carbocycles. The lowest BCUT2D eigenvalue weighted by Gasteiger charge is -2.13. The third kappa shape index (κ3) is 6.65. The van der Waals surface area contributed by atoms with Gasteiger partial charge in [0.2, 0.25) is 5.75 Å². The highest BCUT2D eigenvalue weighted by Crippen LogP contribution is 2.38. The Morgan fingerprint density at radius 3 is 2.44 bits per heavy atom. The van der Waals surface area contributed by atoms with Gasteiger partial charge < -0.3 is 9.47 Å². The summed E-state index contributed by atoms with van der Waals surface area (Å²) in [5.41, 5.74) is -0.990. The van der Waals surface area contributed by atoms with Gasteiger partial charge in [-0.3, -0.25) is 14.9 Å². The van der Waals surface area contributed by atoms with Crippen LogP contribution in [-0.2, 0) is 11.0 Å². The maximum atomic E-state index is 12.8. The molecule has 7 nitrogen and oxygen atoms in total. The molecule has 0 spiro atoms. The fraction of sp³-hybridized carbons (Fsp3) is 0.167. The lowest BCUT2D eigenvalue weighted by Crippen LogP contribution is -2.14. The molecule has 0 aliphatic carbocycles. The van der Waals surface area contributed by atoms with E-state index in [0.717, 1.165) is 24.3 Å². The number of nitriles is 1. The van der Waals surface area contributed by atoms with E-state index in [4.69, 9.17) is 32.7 Å². The van der Waals surface area contributed by atoms with Crippen molar-refractivity contribution in [1.82, 2.24) is 0 Å². The van der Waals surface area contributed by atoms with Crippen LogP contribution in [0, 0.1) is 21.4 Å². The number of benzene rings is 3. The number of ketones is 1. The molecule has 0 saturated heterocycles. The highest BCUT2D eigenvalue weighted by Gasteiger charge is 2.31. The molecule has 3 rings (SSSR count). The number of Topliss-reactive ketones (excluding diaryl/α,β-unsaturated/α-hetero) is 1. The first-order valence-corrected chi connectivity index (χ1v) is 10.9. The quantitative estimate of drug-likeness (QED) is 0.208. The zero-order valence-electron chi connectivity index (χ0n) is 18.1. The Bertz CT molecular complexity index is 1340. The Hall–Kier alpha value is -3.81. The van der Waals surface area contributed by atoms with E-state index in [1.807, 2.05) is 6.07 Å². The van der Waals surface area contributed by atoms with Crippen molar-refractivity contribution in [2.75, 3.05) is 6.61 Å². The van der Waals surface area contributed by atoms with Gasteiger partial charge in [-0.2, -0.15) is 18.4 Å². The summed E-state index contributed by atoms with van der Waals surface area (Å²) in [6, 6.07) is 14.1. The third-order valence-corrected chi connectivity index (χ3v) is 5.38. The number of ether oxygens (including phenoxy) is 2. The predicted octanol–water partition coefficient (Wildman–Crippen LogP) is 7.36. The molecule has 36 heavy (non-hydrogen) atoms. The predicted molar refractivity (Wildman–Crippen MR) is 125 cm³/mol. The lowest BCUT2D eigenvalue weighted by atomic mass is 9.94. The average molecular weight is 539 g/mol. The van der Waals surface area contributed by atoms with Crippen LogP contribution in [-0.4, -0.2) is 17.3 Å². The molecule has 0 heterocycles. The van der Waals surface area contributed by atoms with E-state index >= 15 is 0 Å². The Kier molecular flexibility index (Phi) is 8.40. The van der Waals surface area contributed by atoms with Crippen LogP contribution in [0.2, 0.25) is 10.0 Å². The molecule has 0 aromatic heterocycles. The van der Waals surface area contributed by atoms with Crippen LogP contribution in [0.1, 0.15) is 23.5 Å². The summed E-state index contributed by atoms with van der Waals surface area (Å²) in [7, 11) is 0. The van der Waals surface area contributed by atoms with Gasteiger partial charge in [0.05, 0.1) is 28.2 Å². The summed E-state index contributed by atoms with van der Waals surface area (Å²) < 4.78 is 49.4. The molecular weight excluding hydrogens is 524 g/mol. The molecule has 186 valence electrons. The summed E-state index contributed by atoms with van der Waals surface area (Å²) in [4.78, 5) is 23.2. The number of nitro groups is 1. The minimum Gasteiger partial charge on any atom is -0.486 e. The molecule has 3 aromatic carbocycles. The van der Waals surface area contributed by atoms with Gasteiger partial charge in [0.25, 0.3) is 0 Å². The van der Waals surface area contributed by atoms with Crippen LogP contribution in [0.15, 0.2) is 60.7 Å². The van der Waals surface area contributed by atoms with E-state index in [0.29, 0.717) is 16.7 Å². The molecule has 1 unspecified atom stereocenters. The van der Waals surface area contributed by atoms with Crippen molar-refractivity contribution in [3.63, 3.8) is 0 Å². The van der Waals surface area contributed by atoms with Gasteiger partial charge in [-0.15, -0.1) is 0 Å². The molecule has 0 radical (unpaired) electrons. The lowest BCUT2D eigenvalue weighted by molar-refractivity contribution is -0.385. The van der Waals surface area contributed by atoms with Crippen molar-refractivity contribution >= 4 is 34.7 Å². The van der Waals surface area contributed by atoms with Crippen molar-refractivity contribution in [2.24, 2.45) is 0 Å². The maximum Gasteiger partial charge on any atom is 0.416 e. The molecule has 12 heteroatoms. The van der Waals surface area contributed by atoms with Gasteiger partial charge >= 0.3 is 11.9 Å². The minimum absolute atomic E-state index is 0.00239. The van der Waals surface area contributed by atoms with E-state index in [1.165, 1.54) is 12.1 Å². The van der Waals surface area contributed by atoms with Crippen LogP contribution < -0.4 is 9.47 Å². The second-order valence-electron chi connectivity index (χ2n) is 7.31. The molecule has 0 fully saturated rings. The number of hydrogen-bond donors (Lipinski definition) is 0. The van der Waals surface area contributed by atoms with E-state index < -0.39 is 34.1 Å². The molecular formula is C24H15Cl2F3N2O5. The number of nitro benzene ring substituents is 1. The van der Waals surface area contributed by atoms with Gasteiger partial charge in [0.15, 0.2) is 5.78 Å². The maximum absolute atomic E-state index is 12.8. The number of hydrogen-bond acceptors (Lipinski definition) is 6. The van der Waals surface area contributed by atoms with Crippen LogP contribution >= 0.6 is 23.2 Å². The summed E-state index contributed by atoms with van der Waals surface area (Å²) in [6.45, 7) is -0.289. The van der Waals surface area contributed by atoms with Crippen molar-refractivity contribution in [3.05, 3.63) is 92.0 Å². The van der Waals surface area contributed by atoms with Crippen LogP contribution in [0.25, 0.3) is 0 Å². The normalized spacial score (nSPS) is 11.9. The smallest absolute Gasteiger partial charge is 0.416 e. The molecule has 1 atom stereocenters. The average Bonchev–Trinajstić information content (AvgIpc) is 2.80. The summed E-state index contributed by atoms with van der Waals surface area (Å²) >= 11 is 11.8. The van der Waals surface area contributed by atoms with Crippen LogP contribution in [0.3, 0.4) is 0 Å². The molecule has 0 amide bonds. The first kappa shape index (κ1) is 26.8. The SMILES string of the molecule is N#CC(C(=O)CCOc1cc(Oc2ccc(C(F)(F)F)cc2Cl)ccc1[N+](=O)[O-])c1cccc(Cl)c1. The number of carbonyl (C=O) groups excluding carboxylic acids is 1. The largest absolute Gasteiger partial charge is 0.486 e. The van der Waals surface area contributed by atoms with Gasteiger partial charge in [-0.1, -0.05) is 35.3 Å². The summed E-state index contributed by atoms with van der Waals surface area (Å²) in [5, 5.41) is 20.8. The minimum atomic E-state index is -4.59. The first-order chi connectivity index (χ1) is 17.0. The van der Waals surface area contributed by atoms with Crippen molar-refractivity contribution in [1.29, 1.82) is 5.26 Å². The zero-order chi connectivity index (χ0) is 26.5. The monoisotopic (exact) mass is 538 g/mol. The van der Waals surface area contributed by atoms with Crippen molar-refractivity contribution in [2.45, 2.75) is 18.5 Å². The molecule has 0 bridgehead atoms. The molecule has 3 aromatic rings. The van der Waals surface area contributed by atoms with Crippen molar-refractivity contribution < 1.29 is 32.4 Å². The van der Waals surface area contributed by atoms with E-state index in [-0.39, 0.29) is 35.3 Å². The van der Waals surface area contributed by atoms with E-state index in [2.05, 4.69) is 0 Å². The second-order valence-corrected chi connectivity index (χ2v) is 8.16. The van der Waals surface area contributed by atoms with Crippen LogP contribution in [0.4, 0.5) is 18.9 Å². The molecule has 0 aliphatic heterocycles. The summed E-state index contributed by atoms with van der Waals surface area (Å²) in [5.74, 6) is -1.94. The zero-order valence-corrected chi connectivity index (χ0v) is 19.6. The van der Waals surface area contributed by atoms with Gasteiger partial charge in [-0.25, -0.2) is 0 Å². The van der Waals surface area contributed by atoms with Crippen molar-refractivity contribution in [3.8, 4) is 23.3 Å². The fourth-order valence-electron chi connectivity index (χ4n) is 3.14. The van der Waals surface area contributed by atoms with E-state index in [1.54, 1.807) is 18.2 Å². The summed E-state index contributed by atoms with van der Waals surface area (Å²) in [6.07, 6.45) is -4.83. The highest BCUT2D eigenvalue weighted by molar-refractivity contribution is 6.32. The highest BCUT2D eigenvalue weighted by atomic mass is 35.5. The Labute approximate surface area is 212 Å². The Morgan fingerprint density at radius 1 is 1.08 bits per heavy atom. The first-order valence-electron chi connectivity index (χ1n) is 10.1. The van der Waals surface area contributed by atoms with Gasteiger partial charge in [0.1, 0.15) is 17.4 Å². The fourth-order valence-corrected chi connectivity index (χ4v) is 3.55. The number of alkyl halides is 3. The standard InChI is InChI=1S/C24H15Cl2F3N2O5/c25-16-3-1-2-14(10-16)18(13-30)21(32)8-9-35-23-12-17(5-6-20(23)31(33)34)36-22-7-4-15(11-19(22)26)24(27,28)29/h1-7,10-12,18H,8-9H2. The number of halogens is 5. The molecule has 0 N–H and O–H groups in total. The van der Waals surface area contributed by atoms with Gasteiger partial charge in [0, 0.05) is 23.6 Å². The third-order valence-electron chi connectivity index (χ3n) is 4.85. The number of carbonyl (C=O) groups is 1. The second kappa shape index (κ2) is 11.3. The Balaban J connectivity index is 1.74.